The van der Waals surface area contributed by atoms with Crippen molar-refractivity contribution in [1.29, 1.82) is 5.26 Å². The quantitative estimate of drug-likeness (QED) is 0.247. The van der Waals surface area contributed by atoms with Crippen LogP contribution >= 0.6 is 69.6 Å². The molecule has 0 bridgehead atoms. The van der Waals surface area contributed by atoms with Crippen LogP contribution in [0.3, 0.4) is 0 Å². The Balaban J connectivity index is 2.20. The number of halogens is 3. The van der Waals surface area contributed by atoms with E-state index in [1.165, 1.54) is 0 Å². The molecule has 0 aliphatic carbocycles. The van der Waals surface area contributed by atoms with Gasteiger partial charge < -0.3 is 0 Å². The molecule has 0 radical (unpaired) electrons. The molecule has 1 aromatic rings. The van der Waals surface area contributed by atoms with E-state index < -0.39 is 0 Å². The first-order valence-electron chi connectivity index (χ1n) is 6.39. The van der Waals surface area contributed by atoms with Crippen LogP contribution in [0.2, 0.25) is 10.0 Å². The number of benzene rings is 1. The zero-order chi connectivity index (χ0) is 16.3. The molecule has 1 aliphatic heterocycles. The molecule has 0 aromatic heterocycles. The Labute approximate surface area is 163 Å². The second-order valence-corrected chi connectivity index (χ2v) is 9.42. The highest BCUT2D eigenvalue weighted by Gasteiger charge is 2.28. The van der Waals surface area contributed by atoms with E-state index >= 15 is 0 Å². The van der Waals surface area contributed by atoms with Crippen molar-refractivity contribution in [3.8, 4) is 6.07 Å². The molecule has 0 saturated carbocycles. The Kier molecular flexibility index (Phi) is 7.05. The molecular formula is C14H14Cl2IN3S2. The molecule has 1 atom stereocenters. The Morgan fingerprint density at radius 3 is 2.77 bits per heavy atom. The van der Waals surface area contributed by atoms with Crippen molar-refractivity contribution < 1.29 is 0 Å². The molecule has 1 aliphatic rings. The minimum Gasteiger partial charge on any atom is -0.292 e. The topological polar surface area (TPSA) is 30.3 Å². The van der Waals surface area contributed by atoms with E-state index in [0.717, 1.165) is 15.6 Å². The lowest BCUT2D eigenvalue weighted by Crippen LogP contribution is -2.25. The number of nitriles is 1. The van der Waals surface area contributed by atoms with Crippen LogP contribution in [-0.2, 0) is 0 Å². The number of nitrogens with zero attached hydrogens (tertiary/aromatic N) is 3. The molecule has 1 heterocycles. The molecule has 0 spiro atoms. The fraction of sp³-hybridized carbons (Fsp3) is 0.357. The van der Waals surface area contributed by atoms with Crippen molar-refractivity contribution in [2.24, 2.45) is 0 Å². The van der Waals surface area contributed by atoms with Crippen molar-refractivity contribution >= 4 is 69.6 Å². The van der Waals surface area contributed by atoms with Gasteiger partial charge in [-0.1, -0.05) is 29.3 Å². The summed E-state index contributed by atoms with van der Waals surface area (Å²) in [6.07, 6.45) is 0. The second kappa shape index (κ2) is 8.36. The van der Waals surface area contributed by atoms with Crippen LogP contribution in [0, 0.1) is 11.3 Å². The molecule has 1 saturated heterocycles. The molecule has 1 unspecified atom stereocenters. The van der Waals surface area contributed by atoms with E-state index in [1.807, 2.05) is 34.2 Å². The summed E-state index contributed by atoms with van der Waals surface area (Å²) in [4.78, 5) is 2.03. The van der Waals surface area contributed by atoms with Crippen molar-refractivity contribution in [1.82, 2.24) is 8.01 Å². The number of allylic oxidation sites excluding steroid dienone is 1. The van der Waals surface area contributed by atoms with Crippen LogP contribution in [-0.4, -0.2) is 34.5 Å². The number of hydrogen-bond donors (Lipinski definition) is 0. The highest BCUT2D eigenvalue weighted by atomic mass is 127. The van der Waals surface area contributed by atoms with Crippen molar-refractivity contribution in [2.75, 3.05) is 26.5 Å². The van der Waals surface area contributed by atoms with Gasteiger partial charge in [-0.05, 0) is 31.8 Å². The average Bonchev–Trinajstić information content (AvgIpc) is 2.88. The summed E-state index contributed by atoms with van der Waals surface area (Å²) in [5, 5.41) is 11.0. The predicted molar refractivity (Wildman–Crippen MR) is 106 cm³/mol. The van der Waals surface area contributed by atoms with Gasteiger partial charge in [0.15, 0.2) is 0 Å². The van der Waals surface area contributed by atoms with E-state index in [0.29, 0.717) is 22.4 Å². The molecule has 118 valence electrons. The van der Waals surface area contributed by atoms with Crippen molar-refractivity contribution in [3.63, 3.8) is 0 Å². The SMILES string of the molecule is CN(C)CN(I)/C(C#N)=C1\SCC(c2ccc(Cl)cc2Cl)S1. The number of rotatable bonds is 4. The standard InChI is InChI=1S/C14H14Cl2IN3S2/c1-19(2)8-20(17)12(6-18)14-21-7-13(22-14)10-4-3-9(15)5-11(10)16/h3-5,13H,7-8H2,1-2H3/b14-12+. The van der Waals surface area contributed by atoms with Gasteiger partial charge in [0.05, 0.1) is 33.8 Å². The Morgan fingerprint density at radius 2 is 2.18 bits per heavy atom. The van der Waals surface area contributed by atoms with Crippen LogP contribution in [0.15, 0.2) is 28.1 Å². The average molecular weight is 486 g/mol. The zero-order valence-electron chi connectivity index (χ0n) is 12.0. The van der Waals surface area contributed by atoms with Gasteiger partial charge in [0.1, 0.15) is 11.8 Å². The first-order chi connectivity index (χ1) is 10.4. The fourth-order valence-electron chi connectivity index (χ4n) is 1.91. The summed E-state index contributed by atoms with van der Waals surface area (Å²) in [6.45, 7) is 0.695. The summed E-state index contributed by atoms with van der Waals surface area (Å²) >= 11 is 17.8. The summed E-state index contributed by atoms with van der Waals surface area (Å²) in [5.74, 6) is 0.902. The highest BCUT2D eigenvalue weighted by Crippen LogP contribution is 2.53. The third-order valence-corrected chi connectivity index (χ3v) is 7.14. The van der Waals surface area contributed by atoms with Gasteiger partial charge in [0.25, 0.3) is 0 Å². The van der Waals surface area contributed by atoms with Crippen LogP contribution < -0.4 is 0 Å². The lowest BCUT2D eigenvalue weighted by molar-refractivity contribution is 0.336. The largest absolute Gasteiger partial charge is 0.292 e. The first kappa shape index (κ1) is 18.6. The summed E-state index contributed by atoms with van der Waals surface area (Å²) in [7, 11) is 3.97. The van der Waals surface area contributed by atoms with Gasteiger partial charge >= 0.3 is 0 Å². The number of hydrogen-bond acceptors (Lipinski definition) is 5. The predicted octanol–water partition coefficient (Wildman–Crippen LogP) is 5.38. The van der Waals surface area contributed by atoms with Crippen LogP contribution in [0.1, 0.15) is 10.8 Å². The monoisotopic (exact) mass is 485 g/mol. The summed E-state index contributed by atoms with van der Waals surface area (Å²) in [6, 6.07) is 7.92. The first-order valence-corrected chi connectivity index (χ1v) is 9.97. The van der Waals surface area contributed by atoms with E-state index in [9.17, 15) is 5.26 Å². The molecule has 1 aromatic carbocycles. The third kappa shape index (κ3) is 4.62. The van der Waals surface area contributed by atoms with Crippen molar-refractivity contribution in [2.45, 2.75) is 5.25 Å². The molecular weight excluding hydrogens is 472 g/mol. The van der Waals surface area contributed by atoms with Crippen LogP contribution in [0.5, 0.6) is 0 Å². The molecule has 0 N–H and O–H groups in total. The zero-order valence-corrected chi connectivity index (χ0v) is 17.3. The normalized spacial score (nSPS) is 20.1. The summed E-state index contributed by atoms with van der Waals surface area (Å²) in [5.41, 5.74) is 1.78. The lowest BCUT2D eigenvalue weighted by Gasteiger charge is -2.20. The molecule has 8 heteroatoms. The maximum Gasteiger partial charge on any atom is 0.146 e. The van der Waals surface area contributed by atoms with Gasteiger partial charge in [-0.25, -0.2) is 0 Å². The molecule has 22 heavy (non-hydrogen) atoms. The summed E-state index contributed by atoms with van der Waals surface area (Å²) < 4.78 is 2.99. The van der Waals surface area contributed by atoms with Gasteiger partial charge in [-0.2, -0.15) is 5.26 Å². The Morgan fingerprint density at radius 1 is 1.45 bits per heavy atom. The minimum atomic E-state index is 0.247. The van der Waals surface area contributed by atoms with E-state index in [2.05, 4.69) is 28.9 Å². The minimum absolute atomic E-state index is 0.247. The van der Waals surface area contributed by atoms with Gasteiger partial charge in [-0.3, -0.25) is 8.01 Å². The maximum absolute atomic E-state index is 9.47. The van der Waals surface area contributed by atoms with E-state index in [1.54, 1.807) is 29.6 Å². The van der Waals surface area contributed by atoms with Gasteiger partial charge in [0.2, 0.25) is 0 Å². The number of thioether (sulfide) groups is 2. The van der Waals surface area contributed by atoms with Crippen molar-refractivity contribution in [3.05, 3.63) is 43.7 Å². The Hall–Kier alpha value is 0.220. The third-order valence-electron chi connectivity index (χ3n) is 2.87. The van der Waals surface area contributed by atoms with E-state index in [-0.39, 0.29) is 5.25 Å². The van der Waals surface area contributed by atoms with Gasteiger partial charge in [0, 0.05) is 21.0 Å². The van der Waals surface area contributed by atoms with E-state index in [4.69, 9.17) is 23.2 Å². The molecule has 1 fully saturated rings. The maximum atomic E-state index is 9.47. The van der Waals surface area contributed by atoms with Crippen LogP contribution in [0.25, 0.3) is 0 Å². The highest BCUT2D eigenvalue weighted by molar-refractivity contribution is 14.1. The fourth-order valence-corrected chi connectivity index (χ4v) is 6.73. The molecule has 3 nitrogen and oxygen atoms in total. The smallest absolute Gasteiger partial charge is 0.146 e. The van der Waals surface area contributed by atoms with Gasteiger partial charge in [-0.15, -0.1) is 23.5 Å². The van der Waals surface area contributed by atoms with Crippen LogP contribution in [0.4, 0.5) is 0 Å². The molecule has 2 rings (SSSR count). The lowest BCUT2D eigenvalue weighted by atomic mass is 10.2. The Bertz CT molecular complexity index is 631. The molecule has 0 amide bonds. The second-order valence-electron chi connectivity index (χ2n) is 4.91.